The summed E-state index contributed by atoms with van der Waals surface area (Å²) in [5.41, 5.74) is 1.41. The number of aliphatic hydroxyl groups is 1. The Morgan fingerprint density at radius 2 is 2.20 bits per heavy atom. The van der Waals surface area contributed by atoms with Crippen LogP contribution >= 0.6 is 11.3 Å². The first-order valence-corrected chi connectivity index (χ1v) is 12.6. The van der Waals surface area contributed by atoms with Crippen molar-refractivity contribution in [3.63, 3.8) is 0 Å². The van der Waals surface area contributed by atoms with Gasteiger partial charge in [-0.15, -0.1) is 11.3 Å². The number of amides is 1. The number of aliphatic hydroxyl groups excluding tert-OH is 1. The average Bonchev–Trinajstić information content (AvgIpc) is 3.12. The summed E-state index contributed by atoms with van der Waals surface area (Å²) in [7, 11) is 0. The Bertz CT molecular complexity index is 758. The van der Waals surface area contributed by atoms with Crippen LogP contribution in [0, 0.1) is 11.8 Å². The molecule has 1 spiro atoms. The molecule has 1 aliphatic carbocycles. The predicted octanol–water partition coefficient (Wildman–Crippen LogP) is 3.47. The number of likely N-dealkylation sites (tertiary alicyclic amines) is 1. The fourth-order valence-corrected chi connectivity index (χ4v) is 6.65. The third-order valence-electron chi connectivity index (χ3n) is 7.43. The maximum atomic E-state index is 12.0. The molecule has 4 rings (SSSR count). The lowest BCUT2D eigenvalue weighted by Crippen LogP contribution is -2.55. The van der Waals surface area contributed by atoms with Crippen LogP contribution in [0.2, 0.25) is 0 Å². The molecule has 1 amide bonds. The average molecular weight is 435 g/mol. The van der Waals surface area contributed by atoms with E-state index in [1.807, 2.05) is 25.2 Å². The van der Waals surface area contributed by atoms with Crippen LogP contribution in [0.4, 0.5) is 0 Å². The molecular formula is C24H38N2O3S. The van der Waals surface area contributed by atoms with Gasteiger partial charge in [0.15, 0.2) is 0 Å². The Balaban J connectivity index is 1.29. The lowest BCUT2D eigenvalue weighted by atomic mass is 9.76. The maximum Gasteiger partial charge on any atom is 0.249 e. The first kappa shape index (κ1) is 22.3. The van der Waals surface area contributed by atoms with Crippen molar-refractivity contribution in [3.05, 3.63) is 21.4 Å². The highest BCUT2D eigenvalue weighted by molar-refractivity contribution is 7.12. The first-order chi connectivity index (χ1) is 14.3. The highest BCUT2D eigenvalue weighted by atomic mass is 32.1. The zero-order valence-corrected chi connectivity index (χ0v) is 19.8. The lowest BCUT2D eigenvalue weighted by molar-refractivity contribution is -0.133. The molecule has 1 unspecified atom stereocenters. The van der Waals surface area contributed by atoms with E-state index in [0.29, 0.717) is 12.0 Å². The predicted molar refractivity (Wildman–Crippen MR) is 121 cm³/mol. The molecule has 6 heteroatoms. The van der Waals surface area contributed by atoms with Crippen LogP contribution in [0.25, 0.3) is 0 Å². The number of hydrogen-bond donors (Lipinski definition) is 2. The van der Waals surface area contributed by atoms with Crippen molar-refractivity contribution < 1.29 is 14.6 Å². The summed E-state index contributed by atoms with van der Waals surface area (Å²) in [6.07, 6.45) is 5.49. The standard InChI is InChI=1S/C24H38N2O3S/c1-5-19-12-20-21(30-19)6-9-29-24(20)7-8-26(16(4)13-24)14-17-10-18(11-17)25-23(28)22(27)15(2)3/h12,15-18,22,27H,5-11,13-14H2,1-4H3,(H,25,28)/t16-,17-,18+,22?,24+/m0/s1. The molecule has 2 fully saturated rings. The number of piperidine rings is 1. The monoisotopic (exact) mass is 434 g/mol. The normalized spacial score (nSPS) is 32.7. The van der Waals surface area contributed by atoms with Gasteiger partial charge in [-0.25, -0.2) is 0 Å². The van der Waals surface area contributed by atoms with Crippen LogP contribution in [0.5, 0.6) is 0 Å². The van der Waals surface area contributed by atoms with Gasteiger partial charge in [0.1, 0.15) is 6.10 Å². The van der Waals surface area contributed by atoms with Gasteiger partial charge in [-0.05, 0) is 62.5 Å². The number of nitrogens with zero attached hydrogens (tertiary/aromatic N) is 1. The van der Waals surface area contributed by atoms with E-state index in [4.69, 9.17) is 4.74 Å². The Hall–Kier alpha value is -0.950. The largest absolute Gasteiger partial charge is 0.383 e. The molecule has 5 nitrogen and oxygen atoms in total. The number of ether oxygens (including phenoxy) is 1. The van der Waals surface area contributed by atoms with Gasteiger partial charge in [-0.2, -0.15) is 0 Å². The van der Waals surface area contributed by atoms with Crippen LogP contribution in [0.3, 0.4) is 0 Å². The van der Waals surface area contributed by atoms with Crippen LogP contribution in [-0.4, -0.2) is 53.8 Å². The molecular weight excluding hydrogens is 396 g/mol. The number of aryl methyl sites for hydroxylation is 1. The minimum Gasteiger partial charge on any atom is -0.383 e. The second-order valence-electron chi connectivity index (χ2n) is 10.0. The zero-order valence-electron chi connectivity index (χ0n) is 18.9. The summed E-state index contributed by atoms with van der Waals surface area (Å²) in [4.78, 5) is 17.7. The van der Waals surface area contributed by atoms with Crippen molar-refractivity contribution in [1.82, 2.24) is 10.2 Å². The molecule has 3 atom stereocenters. The van der Waals surface area contributed by atoms with Crippen molar-refractivity contribution >= 4 is 17.2 Å². The number of nitrogens with one attached hydrogen (secondary N) is 1. The molecule has 0 radical (unpaired) electrons. The minimum atomic E-state index is -0.895. The maximum absolute atomic E-state index is 12.0. The van der Waals surface area contributed by atoms with Crippen molar-refractivity contribution in [2.24, 2.45) is 11.8 Å². The quantitative estimate of drug-likeness (QED) is 0.720. The molecule has 1 aromatic heterocycles. The fraction of sp³-hybridized carbons (Fsp3) is 0.792. The SMILES string of the molecule is CCc1cc2c(s1)CCO[C@@]21CCN(C[C@H]2C[C@@H](NC(=O)C(O)C(C)C)C2)[C@@H](C)C1. The van der Waals surface area contributed by atoms with E-state index in [-0.39, 0.29) is 23.5 Å². The van der Waals surface area contributed by atoms with Gasteiger partial charge in [0.25, 0.3) is 0 Å². The first-order valence-electron chi connectivity index (χ1n) is 11.8. The van der Waals surface area contributed by atoms with Gasteiger partial charge in [0.05, 0.1) is 12.2 Å². The molecule has 1 saturated carbocycles. The number of carbonyl (C=O) groups excluding carboxylic acids is 1. The Labute approximate surface area is 185 Å². The number of fused-ring (bicyclic) bond motifs is 2. The number of hydrogen-bond acceptors (Lipinski definition) is 5. The van der Waals surface area contributed by atoms with Gasteiger partial charge in [-0.1, -0.05) is 20.8 Å². The fourth-order valence-electron chi connectivity index (χ4n) is 5.47. The summed E-state index contributed by atoms with van der Waals surface area (Å²) in [5.74, 6) is 0.384. The van der Waals surface area contributed by atoms with Crippen molar-refractivity contribution in [2.45, 2.75) is 90.0 Å². The van der Waals surface area contributed by atoms with Gasteiger partial charge in [0, 0.05) is 41.3 Å². The third kappa shape index (κ3) is 4.34. The molecule has 3 heterocycles. The van der Waals surface area contributed by atoms with E-state index in [2.05, 4.69) is 30.1 Å². The molecule has 1 aromatic rings. The Morgan fingerprint density at radius 1 is 1.43 bits per heavy atom. The highest BCUT2D eigenvalue weighted by Gasteiger charge is 2.45. The molecule has 2 aliphatic heterocycles. The topological polar surface area (TPSA) is 61.8 Å². The molecule has 2 N–H and O–H groups in total. The summed E-state index contributed by atoms with van der Waals surface area (Å²) < 4.78 is 6.47. The van der Waals surface area contributed by atoms with Crippen LogP contribution < -0.4 is 5.32 Å². The Morgan fingerprint density at radius 3 is 2.87 bits per heavy atom. The van der Waals surface area contributed by atoms with E-state index in [1.165, 1.54) is 10.4 Å². The van der Waals surface area contributed by atoms with Gasteiger partial charge in [0.2, 0.25) is 5.91 Å². The summed E-state index contributed by atoms with van der Waals surface area (Å²) in [6.45, 7) is 11.4. The van der Waals surface area contributed by atoms with E-state index in [1.54, 1.807) is 4.88 Å². The lowest BCUT2D eigenvalue weighted by Gasteiger charge is -2.49. The molecule has 30 heavy (non-hydrogen) atoms. The van der Waals surface area contributed by atoms with E-state index >= 15 is 0 Å². The zero-order chi connectivity index (χ0) is 21.5. The van der Waals surface area contributed by atoms with Crippen LogP contribution in [-0.2, 0) is 28.0 Å². The van der Waals surface area contributed by atoms with Crippen LogP contribution in [0.15, 0.2) is 6.07 Å². The summed E-state index contributed by atoms with van der Waals surface area (Å²) in [5, 5.41) is 12.9. The van der Waals surface area contributed by atoms with E-state index in [9.17, 15) is 9.90 Å². The van der Waals surface area contributed by atoms with Crippen molar-refractivity contribution in [2.75, 3.05) is 19.7 Å². The van der Waals surface area contributed by atoms with E-state index in [0.717, 1.165) is 58.2 Å². The van der Waals surface area contributed by atoms with Gasteiger partial charge in [-0.3, -0.25) is 4.79 Å². The molecule has 1 saturated heterocycles. The molecule has 0 aromatic carbocycles. The van der Waals surface area contributed by atoms with E-state index < -0.39 is 6.10 Å². The van der Waals surface area contributed by atoms with Crippen LogP contribution in [0.1, 0.15) is 68.7 Å². The molecule has 0 bridgehead atoms. The van der Waals surface area contributed by atoms with Gasteiger partial charge < -0.3 is 20.1 Å². The third-order valence-corrected chi connectivity index (χ3v) is 8.77. The second-order valence-corrected chi connectivity index (χ2v) is 11.2. The number of thiophene rings is 1. The minimum absolute atomic E-state index is 0.0402. The smallest absolute Gasteiger partial charge is 0.249 e. The van der Waals surface area contributed by atoms with Crippen molar-refractivity contribution in [3.8, 4) is 0 Å². The number of rotatable bonds is 6. The summed E-state index contributed by atoms with van der Waals surface area (Å²) in [6, 6.07) is 3.16. The second kappa shape index (κ2) is 8.89. The summed E-state index contributed by atoms with van der Waals surface area (Å²) >= 11 is 1.99. The van der Waals surface area contributed by atoms with Gasteiger partial charge >= 0.3 is 0 Å². The Kier molecular flexibility index (Phi) is 6.59. The number of carbonyl (C=O) groups is 1. The highest BCUT2D eigenvalue weighted by Crippen LogP contribution is 2.46. The molecule has 168 valence electrons. The van der Waals surface area contributed by atoms with Crippen molar-refractivity contribution in [1.29, 1.82) is 0 Å². The molecule has 3 aliphatic rings.